The van der Waals surface area contributed by atoms with E-state index in [1.165, 1.54) is 14.0 Å². The number of carbonyl (C=O) groups excluding carboxylic acids is 1. The van der Waals surface area contributed by atoms with Gasteiger partial charge >= 0.3 is 5.97 Å². The molecule has 0 radical (unpaired) electrons. The minimum Gasteiger partial charge on any atom is -0.489 e. The quantitative estimate of drug-likeness (QED) is 0.326. The van der Waals surface area contributed by atoms with Crippen LogP contribution in [0.4, 0.5) is 0 Å². The number of aliphatic hydroxyl groups excluding tert-OH is 2. The van der Waals surface area contributed by atoms with Crippen molar-refractivity contribution < 1.29 is 43.8 Å². The fourth-order valence-corrected chi connectivity index (χ4v) is 4.83. The molecule has 2 aliphatic rings. The molecular formula is C18H29NO9S. The minimum absolute atomic E-state index is 0.0653. The van der Waals surface area contributed by atoms with Gasteiger partial charge in [0.25, 0.3) is 5.91 Å². The lowest BCUT2D eigenvalue weighted by atomic mass is 9.82. The largest absolute Gasteiger partial charge is 0.489 e. The first-order valence-electron chi connectivity index (χ1n) is 9.50. The van der Waals surface area contributed by atoms with E-state index in [2.05, 4.69) is 0 Å². The number of aliphatic carboxylic acids is 1. The van der Waals surface area contributed by atoms with Crippen LogP contribution in [0.3, 0.4) is 0 Å². The van der Waals surface area contributed by atoms with Crippen LogP contribution in [0, 0.1) is 0 Å². The second kappa shape index (κ2) is 9.52. The van der Waals surface area contributed by atoms with Crippen LogP contribution in [0.5, 0.6) is 0 Å². The number of aliphatic hydroxyl groups is 3. The van der Waals surface area contributed by atoms with Crippen LogP contribution >= 0.6 is 0 Å². The van der Waals surface area contributed by atoms with Gasteiger partial charge in [-0.05, 0) is 19.8 Å². The molecule has 0 aliphatic carbocycles. The van der Waals surface area contributed by atoms with Gasteiger partial charge in [0.05, 0.1) is 24.2 Å². The molecule has 1 unspecified atom stereocenters. The number of hydrogen-bond acceptors (Lipinski definition) is 8. The van der Waals surface area contributed by atoms with Crippen molar-refractivity contribution in [1.29, 1.82) is 0 Å². The van der Waals surface area contributed by atoms with E-state index in [4.69, 9.17) is 14.7 Å². The Bertz CT molecular complexity index is 693. The summed E-state index contributed by atoms with van der Waals surface area (Å²) in [6.45, 7) is 3.43. The molecule has 2 rings (SSSR count). The summed E-state index contributed by atoms with van der Waals surface area (Å²) in [6.07, 6.45) is -1.06. The van der Waals surface area contributed by atoms with Crippen LogP contribution in [0.1, 0.15) is 39.5 Å². The summed E-state index contributed by atoms with van der Waals surface area (Å²) < 4.78 is 18.3. The van der Waals surface area contributed by atoms with Crippen LogP contribution in [-0.4, -0.2) is 90.1 Å². The number of amides is 1. The van der Waals surface area contributed by atoms with E-state index in [1.54, 1.807) is 0 Å². The Morgan fingerprint density at radius 3 is 2.62 bits per heavy atom. The molecule has 10 nitrogen and oxygen atoms in total. The molecule has 0 aromatic heterocycles. The van der Waals surface area contributed by atoms with Crippen molar-refractivity contribution >= 4 is 22.7 Å². The predicted octanol–water partition coefficient (Wildman–Crippen LogP) is -0.702. The van der Waals surface area contributed by atoms with Crippen LogP contribution in [0.2, 0.25) is 0 Å². The lowest BCUT2D eigenvalue weighted by Crippen LogP contribution is -2.55. The third-order valence-corrected chi connectivity index (χ3v) is 6.64. The van der Waals surface area contributed by atoms with Gasteiger partial charge in [0.15, 0.2) is 6.10 Å². The summed E-state index contributed by atoms with van der Waals surface area (Å²) in [5.41, 5.74) is -1.86. The molecule has 2 aliphatic heterocycles. The van der Waals surface area contributed by atoms with Gasteiger partial charge in [-0.15, -0.1) is 0 Å². The lowest BCUT2D eigenvalue weighted by molar-refractivity contribution is -0.176. The van der Waals surface area contributed by atoms with Gasteiger partial charge < -0.3 is 25.2 Å². The van der Waals surface area contributed by atoms with Crippen molar-refractivity contribution in [1.82, 2.24) is 5.06 Å². The molecule has 2 heterocycles. The van der Waals surface area contributed by atoms with Gasteiger partial charge in [0, 0.05) is 10.8 Å². The molecule has 6 atom stereocenters. The van der Waals surface area contributed by atoms with E-state index in [0.29, 0.717) is 6.42 Å². The molecule has 0 fully saturated rings. The van der Waals surface area contributed by atoms with Crippen molar-refractivity contribution in [3.63, 3.8) is 0 Å². The van der Waals surface area contributed by atoms with Gasteiger partial charge in [-0.2, -0.15) is 0 Å². The average molecular weight is 435 g/mol. The Kier molecular flexibility index (Phi) is 7.80. The van der Waals surface area contributed by atoms with Gasteiger partial charge in [0.2, 0.25) is 0 Å². The van der Waals surface area contributed by atoms with E-state index in [-0.39, 0.29) is 17.1 Å². The average Bonchev–Trinajstić information content (AvgIpc) is 2.90. The maximum absolute atomic E-state index is 12.7. The highest BCUT2D eigenvalue weighted by Gasteiger charge is 2.56. The molecule has 0 saturated carbocycles. The number of carboxylic acids is 1. The standard InChI is InChI=1S/C18H29NO9S/c1-4-5-6-7-12-18(2,25)15(21)13-14(28-12)10(19(27-3)16(13)22)8-29(26)9-11(20)17(23)24/h10-12,15,20-21,25H,4-9H2,1-3H3,(H,23,24)/t10?,11-,12+,15+,18+,29+/m1/s1. The molecule has 11 heteroatoms. The van der Waals surface area contributed by atoms with Crippen LogP contribution in [-0.2, 0) is 30.0 Å². The first kappa shape index (κ1) is 23.7. The Morgan fingerprint density at radius 2 is 2.07 bits per heavy atom. The third-order valence-electron chi connectivity index (χ3n) is 5.27. The first-order chi connectivity index (χ1) is 13.6. The lowest BCUT2D eigenvalue weighted by Gasteiger charge is -2.41. The highest BCUT2D eigenvalue weighted by atomic mass is 32.2. The second-order valence-corrected chi connectivity index (χ2v) is 9.01. The molecule has 4 N–H and O–H groups in total. The molecule has 0 bridgehead atoms. The van der Waals surface area contributed by atoms with Crippen LogP contribution < -0.4 is 0 Å². The third kappa shape index (κ3) is 4.80. The number of nitrogens with zero attached hydrogens (tertiary/aromatic N) is 1. The second-order valence-electron chi connectivity index (χ2n) is 7.47. The SMILES string of the molecule is CCCCC[C@@H]1OC2=C(C(=O)N(OC)C2C[S@](=O)C[C@@H](O)C(=O)O)[C@H](O)[C@@]1(C)O. The van der Waals surface area contributed by atoms with Gasteiger partial charge in [0.1, 0.15) is 29.6 Å². The zero-order chi connectivity index (χ0) is 21.9. The molecule has 0 spiro atoms. The Morgan fingerprint density at radius 1 is 1.41 bits per heavy atom. The normalized spacial score (nSPS) is 31.4. The van der Waals surface area contributed by atoms with Crippen molar-refractivity contribution in [2.24, 2.45) is 0 Å². The van der Waals surface area contributed by atoms with E-state index in [9.17, 15) is 29.1 Å². The molecular weight excluding hydrogens is 406 g/mol. The fraction of sp³-hybridized carbons (Fsp3) is 0.778. The summed E-state index contributed by atoms with van der Waals surface area (Å²) in [5.74, 6) is -2.93. The van der Waals surface area contributed by atoms with Crippen LogP contribution in [0.25, 0.3) is 0 Å². The molecule has 0 aromatic carbocycles. The number of rotatable bonds is 10. The monoisotopic (exact) mass is 435 g/mol. The highest BCUT2D eigenvalue weighted by Crippen LogP contribution is 2.41. The van der Waals surface area contributed by atoms with Crippen molar-refractivity contribution in [3.05, 3.63) is 11.3 Å². The van der Waals surface area contributed by atoms with Crippen molar-refractivity contribution in [2.75, 3.05) is 18.6 Å². The molecule has 0 aromatic rings. The summed E-state index contributed by atoms with van der Waals surface area (Å²) >= 11 is 0. The molecule has 0 saturated heterocycles. The number of carboxylic acid groups (broad SMARTS) is 1. The zero-order valence-electron chi connectivity index (χ0n) is 16.7. The smallest absolute Gasteiger partial charge is 0.333 e. The number of unbranched alkanes of at least 4 members (excludes halogenated alkanes) is 2. The number of hydrogen-bond donors (Lipinski definition) is 4. The van der Waals surface area contributed by atoms with Crippen LogP contribution in [0.15, 0.2) is 11.3 Å². The Balaban J connectivity index is 2.28. The van der Waals surface area contributed by atoms with E-state index in [1.807, 2.05) is 6.92 Å². The summed E-state index contributed by atoms with van der Waals surface area (Å²) in [4.78, 5) is 28.6. The molecule has 1 amide bonds. The van der Waals surface area contributed by atoms with E-state index < -0.39 is 58.4 Å². The van der Waals surface area contributed by atoms with Crippen molar-refractivity contribution in [3.8, 4) is 0 Å². The predicted molar refractivity (Wildman–Crippen MR) is 102 cm³/mol. The molecule has 166 valence electrons. The van der Waals surface area contributed by atoms with Gasteiger partial charge in [-0.25, -0.2) is 9.86 Å². The number of hydroxylamine groups is 2. The van der Waals surface area contributed by atoms with Gasteiger partial charge in [-0.1, -0.05) is 19.8 Å². The van der Waals surface area contributed by atoms with Gasteiger partial charge in [-0.3, -0.25) is 13.8 Å². The topological polar surface area (TPSA) is 154 Å². The van der Waals surface area contributed by atoms with Crippen molar-refractivity contribution in [2.45, 2.75) is 69.5 Å². The van der Waals surface area contributed by atoms with E-state index in [0.717, 1.165) is 24.3 Å². The maximum atomic E-state index is 12.7. The minimum atomic E-state index is -1.82. The number of ether oxygens (including phenoxy) is 1. The number of carbonyl (C=O) groups is 2. The Hall–Kier alpha value is -1.53. The Labute approximate surface area is 171 Å². The highest BCUT2D eigenvalue weighted by molar-refractivity contribution is 7.85. The summed E-state index contributed by atoms with van der Waals surface area (Å²) in [5, 5.41) is 40.6. The first-order valence-corrected chi connectivity index (χ1v) is 11.0. The fourth-order valence-electron chi connectivity index (χ4n) is 3.56. The summed E-state index contributed by atoms with van der Waals surface area (Å²) in [7, 11) is -0.601. The maximum Gasteiger partial charge on any atom is 0.333 e. The summed E-state index contributed by atoms with van der Waals surface area (Å²) in [6, 6.07) is -0.969. The molecule has 29 heavy (non-hydrogen) atoms. The zero-order valence-corrected chi connectivity index (χ0v) is 17.6. The van der Waals surface area contributed by atoms with E-state index >= 15 is 0 Å².